The number of aromatic nitrogens is 3. The Balaban J connectivity index is 2.36. The first-order valence-electron chi connectivity index (χ1n) is 6.47. The molecule has 5 heteroatoms. The topological polar surface area (TPSA) is 62.7 Å². The van der Waals surface area contributed by atoms with Gasteiger partial charge in [0.1, 0.15) is 5.82 Å². The van der Waals surface area contributed by atoms with Crippen LogP contribution in [-0.4, -0.2) is 28.0 Å². The van der Waals surface area contributed by atoms with Gasteiger partial charge in [-0.15, -0.1) is 0 Å². The Morgan fingerprint density at radius 3 is 2.68 bits per heavy atom. The van der Waals surface area contributed by atoms with Crippen molar-refractivity contribution in [3.05, 3.63) is 30.5 Å². The molecule has 0 aliphatic rings. The third kappa shape index (κ3) is 3.40. The number of nitrogens with one attached hydrogen (secondary N) is 2. The van der Waals surface area contributed by atoms with Crippen LogP contribution in [0.5, 0.6) is 0 Å². The molecule has 0 spiro atoms. The molecule has 2 heterocycles. The summed E-state index contributed by atoms with van der Waals surface area (Å²) in [6, 6.07) is 8.01. The molecule has 5 nitrogen and oxygen atoms in total. The monoisotopic (exact) mass is 257 g/mol. The predicted molar refractivity (Wildman–Crippen MR) is 78.2 cm³/mol. The number of hydrogen-bond acceptors (Lipinski definition) is 5. The van der Waals surface area contributed by atoms with E-state index < -0.39 is 0 Å². The van der Waals surface area contributed by atoms with Gasteiger partial charge in [-0.25, -0.2) is 4.98 Å². The average molecular weight is 257 g/mol. The standard InChI is InChI=1S/C14H19N5/c1-4-10(2)17-14-18-12(9-13(15-3)19-14)11-7-5-6-8-16-11/h5-10H,4H2,1-3H3,(H2,15,17,18,19)/t10-/m0/s1. The lowest BCUT2D eigenvalue weighted by molar-refractivity contribution is 0.753. The number of nitrogens with zero attached hydrogens (tertiary/aromatic N) is 3. The Bertz CT molecular complexity index is 527. The number of hydrogen-bond donors (Lipinski definition) is 2. The highest BCUT2D eigenvalue weighted by molar-refractivity contribution is 5.60. The van der Waals surface area contributed by atoms with E-state index in [1.165, 1.54) is 0 Å². The van der Waals surface area contributed by atoms with Crippen molar-refractivity contribution in [3.8, 4) is 11.4 Å². The minimum absolute atomic E-state index is 0.337. The van der Waals surface area contributed by atoms with Crippen LogP contribution < -0.4 is 10.6 Å². The highest BCUT2D eigenvalue weighted by Gasteiger charge is 2.08. The zero-order chi connectivity index (χ0) is 13.7. The van der Waals surface area contributed by atoms with Crippen LogP contribution in [0.3, 0.4) is 0 Å². The van der Waals surface area contributed by atoms with Crippen LogP contribution in [0.4, 0.5) is 11.8 Å². The summed E-state index contributed by atoms with van der Waals surface area (Å²) in [6.07, 6.45) is 2.78. The third-order valence-corrected chi connectivity index (χ3v) is 2.90. The fraction of sp³-hybridized carbons (Fsp3) is 0.357. The molecule has 0 amide bonds. The number of anilines is 2. The van der Waals surface area contributed by atoms with Crippen molar-refractivity contribution in [3.63, 3.8) is 0 Å². The normalized spacial score (nSPS) is 11.9. The van der Waals surface area contributed by atoms with Gasteiger partial charge in [0.2, 0.25) is 5.95 Å². The van der Waals surface area contributed by atoms with Crippen LogP contribution in [0, 0.1) is 0 Å². The minimum atomic E-state index is 0.337. The van der Waals surface area contributed by atoms with E-state index >= 15 is 0 Å². The van der Waals surface area contributed by atoms with Gasteiger partial charge in [-0.1, -0.05) is 13.0 Å². The molecule has 2 rings (SSSR count). The molecule has 2 aromatic rings. The third-order valence-electron chi connectivity index (χ3n) is 2.90. The summed E-state index contributed by atoms with van der Waals surface area (Å²) in [5.74, 6) is 1.41. The van der Waals surface area contributed by atoms with E-state index in [1.54, 1.807) is 6.20 Å². The summed E-state index contributed by atoms with van der Waals surface area (Å²) >= 11 is 0. The second-order valence-electron chi connectivity index (χ2n) is 4.38. The molecule has 0 aliphatic heterocycles. The maximum Gasteiger partial charge on any atom is 0.225 e. The second-order valence-corrected chi connectivity index (χ2v) is 4.38. The van der Waals surface area contributed by atoms with E-state index in [0.29, 0.717) is 12.0 Å². The van der Waals surface area contributed by atoms with E-state index in [2.05, 4.69) is 39.4 Å². The summed E-state index contributed by atoms with van der Waals surface area (Å²) in [6.45, 7) is 4.23. The molecule has 0 aliphatic carbocycles. The van der Waals surface area contributed by atoms with E-state index in [4.69, 9.17) is 0 Å². The highest BCUT2D eigenvalue weighted by Crippen LogP contribution is 2.19. The van der Waals surface area contributed by atoms with Gasteiger partial charge in [0.15, 0.2) is 0 Å². The Morgan fingerprint density at radius 2 is 2.05 bits per heavy atom. The molecular formula is C14H19N5. The van der Waals surface area contributed by atoms with Crippen molar-refractivity contribution in [2.24, 2.45) is 0 Å². The van der Waals surface area contributed by atoms with Crippen molar-refractivity contribution in [1.29, 1.82) is 0 Å². The molecule has 1 atom stereocenters. The molecule has 0 bridgehead atoms. The fourth-order valence-corrected chi connectivity index (χ4v) is 1.61. The van der Waals surface area contributed by atoms with Crippen LogP contribution in [-0.2, 0) is 0 Å². The maximum atomic E-state index is 4.51. The van der Waals surface area contributed by atoms with Gasteiger partial charge < -0.3 is 10.6 Å². The fourth-order valence-electron chi connectivity index (χ4n) is 1.61. The van der Waals surface area contributed by atoms with Gasteiger partial charge in [0, 0.05) is 25.4 Å². The quantitative estimate of drug-likeness (QED) is 0.862. The molecule has 19 heavy (non-hydrogen) atoms. The van der Waals surface area contributed by atoms with Gasteiger partial charge in [0.25, 0.3) is 0 Å². The minimum Gasteiger partial charge on any atom is -0.373 e. The summed E-state index contributed by atoms with van der Waals surface area (Å²) in [4.78, 5) is 13.2. The molecule has 0 aromatic carbocycles. The van der Waals surface area contributed by atoms with Crippen LogP contribution in [0.2, 0.25) is 0 Å². The lowest BCUT2D eigenvalue weighted by atomic mass is 10.2. The van der Waals surface area contributed by atoms with E-state index in [-0.39, 0.29) is 0 Å². The van der Waals surface area contributed by atoms with Crippen LogP contribution in [0.15, 0.2) is 30.5 Å². The van der Waals surface area contributed by atoms with E-state index in [0.717, 1.165) is 23.6 Å². The first kappa shape index (κ1) is 13.3. The largest absolute Gasteiger partial charge is 0.373 e. The molecule has 100 valence electrons. The van der Waals surface area contributed by atoms with Crippen LogP contribution >= 0.6 is 0 Å². The first-order valence-corrected chi connectivity index (χ1v) is 6.47. The Labute approximate surface area is 113 Å². The van der Waals surface area contributed by atoms with Crippen molar-refractivity contribution in [1.82, 2.24) is 15.0 Å². The summed E-state index contributed by atoms with van der Waals surface area (Å²) in [7, 11) is 1.84. The zero-order valence-electron chi connectivity index (χ0n) is 11.5. The van der Waals surface area contributed by atoms with E-state index in [9.17, 15) is 0 Å². The Kier molecular flexibility index (Phi) is 4.28. The van der Waals surface area contributed by atoms with Gasteiger partial charge in [0.05, 0.1) is 11.4 Å². The van der Waals surface area contributed by atoms with Crippen molar-refractivity contribution < 1.29 is 0 Å². The molecule has 0 fully saturated rings. The Morgan fingerprint density at radius 1 is 1.21 bits per heavy atom. The summed E-state index contributed by atoms with van der Waals surface area (Å²) in [5, 5.41) is 6.34. The van der Waals surface area contributed by atoms with Crippen molar-refractivity contribution in [2.75, 3.05) is 17.7 Å². The van der Waals surface area contributed by atoms with Crippen LogP contribution in [0.25, 0.3) is 11.4 Å². The predicted octanol–water partition coefficient (Wildman–Crippen LogP) is 2.79. The number of rotatable bonds is 5. The summed E-state index contributed by atoms with van der Waals surface area (Å²) in [5.41, 5.74) is 1.65. The van der Waals surface area contributed by atoms with Gasteiger partial charge in [-0.05, 0) is 25.5 Å². The molecule has 0 radical (unpaired) electrons. The van der Waals surface area contributed by atoms with Crippen molar-refractivity contribution >= 4 is 11.8 Å². The Hall–Kier alpha value is -2.17. The van der Waals surface area contributed by atoms with Gasteiger partial charge in [-0.3, -0.25) is 4.98 Å². The van der Waals surface area contributed by atoms with Gasteiger partial charge >= 0.3 is 0 Å². The smallest absolute Gasteiger partial charge is 0.225 e. The first-order chi connectivity index (χ1) is 9.22. The molecular weight excluding hydrogens is 238 g/mol. The maximum absolute atomic E-state index is 4.51. The van der Waals surface area contributed by atoms with Crippen LogP contribution in [0.1, 0.15) is 20.3 Å². The lowest BCUT2D eigenvalue weighted by Gasteiger charge is -2.13. The molecule has 2 aromatic heterocycles. The molecule has 0 saturated carbocycles. The number of pyridine rings is 1. The highest BCUT2D eigenvalue weighted by atomic mass is 15.1. The SMILES string of the molecule is CC[C@H](C)Nc1nc(NC)cc(-c2ccccn2)n1. The van der Waals surface area contributed by atoms with Gasteiger partial charge in [-0.2, -0.15) is 4.98 Å². The molecule has 0 unspecified atom stereocenters. The lowest BCUT2D eigenvalue weighted by Crippen LogP contribution is -2.16. The second kappa shape index (κ2) is 6.13. The van der Waals surface area contributed by atoms with E-state index in [1.807, 2.05) is 31.3 Å². The zero-order valence-corrected chi connectivity index (χ0v) is 11.5. The molecule has 2 N–H and O–H groups in total. The molecule has 0 saturated heterocycles. The average Bonchev–Trinajstić information content (AvgIpc) is 2.47. The summed E-state index contributed by atoms with van der Waals surface area (Å²) < 4.78 is 0. The van der Waals surface area contributed by atoms with Crippen molar-refractivity contribution in [2.45, 2.75) is 26.3 Å².